The van der Waals surface area contributed by atoms with Crippen molar-refractivity contribution in [1.82, 2.24) is 4.90 Å². The summed E-state index contributed by atoms with van der Waals surface area (Å²) in [5.41, 5.74) is 3.09. The normalized spacial score (nSPS) is 24.4. The summed E-state index contributed by atoms with van der Waals surface area (Å²) in [4.78, 5) is 2.48. The summed E-state index contributed by atoms with van der Waals surface area (Å²) >= 11 is 0. The van der Waals surface area contributed by atoms with E-state index in [4.69, 9.17) is 4.74 Å². The molecule has 0 unspecified atom stereocenters. The number of nitrogens with zero attached hydrogens (tertiary/aromatic N) is 1. The van der Waals surface area contributed by atoms with Crippen LogP contribution in [0.3, 0.4) is 0 Å². The van der Waals surface area contributed by atoms with Crippen molar-refractivity contribution in [3.05, 3.63) is 23.3 Å². The highest BCUT2D eigenvalue weighted by molar-refractivity contribution is 5.29. The van der Waals surface area contributed by atoms with Gasteiger partial charge in [0.25, 0.3) is 0 Å². The highest BCUT2D eigenvalue weighted by Crippen LogP contribution is 2.19. The molecule has 0 aromatic heterocycles. The minimum Gasteiger partial charge on any atom is -0.379 e. The van der Waals surface area contributed by atoms with Gasteiger partial charge in [0.15, 0.2) is 0 Å². The summed E-state index contributed by atoms with van der Waals surface area (Å²) in [6.45, 7) is 7.35. The zero-order chi connectivity index (χ0) is 9.80. The van der Waals surface area contributed by atoms with Crippen LogP contribution in [0.25, 0.3) is 0 Å². The van der Waals surface area contributed by atoms with Gasteiger partial charge >= 0.3 is 0 Å². The molecule has 0 N–H and O–H groups in total. The predicted octanol–water partition coefficient (Wildman–Crippen LogP) is 1.99. The van der Waals surface area contributed by atoms with Crippen LogP contribution < -0.4 is 0 Å². The van der Waals surface area contributed by atoms with E-state index in [-0.39, 0.29) is 0 Å². The lowest BCUT2D eigenvalue weighted by atomic mass is 9.98. The lowest BCUT2D eigenvalue weighted by Gasteiger charge is -2.28. The third kappa shape index (κ3) is 2.46. The fourth-order valence-electron chi connectivity index (χ4n) is 2.02. The van der Waals surface area contributed by atoms with E-state index in [1.165, 1.54) is 18.4 Å². The second-order valence-corrected chi connectivity index (χ2v) is 4.14. The molecule has 1 aliphatic heterocycles. The number of ether oxygens (including phenoxy) is 1. The Hall–Kier alpha value is -0.600. The minimum atomic E-state index is 0.899. The van der Waals surface area contributed by atoms with E-state index in [1.807, 2.05) is 0 Å². The number of morpholine rings is 1. The summed E-state index contributed by atoms with van der Waals surface area (Å²) in [5.74, 6) is 0. The maximum Gasteiger partial charge on any atom is 0.0594 e. The van der Waals surface area contributed by atoms with Crippen LogP contribution in [0.15, 0.2) is 23.3 Å². The van der Waals surface area contributed by atoms with Gasteiger partial charge in [0.05, 0.1) is 13.2 Å². The van der Waals surface area contributed by atoms with Crippen LogP contribution in [-0.2, 0) is 4.74 Å². The van der Waals surface area contributed by atoms with Gasteiger partial charge in [-0.1, -0.05) is 17.7 Å². The van der Waals surface area contributed by atoms with E-state index in [0.29, 0.717) is 0 Å². The number of allylic oxidation sites excluding steroid dienone is 2. The Labute approximate surface area is 86.2 Å². The maximum atomic E-state index is 5.34. The van der Waals surface area contributed by atoms with Crippen molar-refractivity contribution in [3.63, 3.8) is 0 Å². The van der Waals surface area contributed by atoms with Crippen molar-refractivity contribution >= 4 is 0 Å². The Morgan fingerprint density at radius 1 is 1.36 bits per heavy atom. The van der Waals surface area contributed by atoms with Gasteiger partial charge in [-0.2, -0.15) is 0 Å². The Kier molecular flexibility index (Phi) is 3.38. The molecule has 1 heterocycles. The van der Waals surface area contributed by atoms with Crippen LogP contribution in [0.4, 0.5) is 0 Å². The van der Waals surface area contributed by atoms with E-state index >= 15 is 0 Å². The van der Waals surface area contributed by atoms with E-state index in [2.05, 4.69) is 24.0 Å². The van der Waals surface area contributed by atoms with Gasteiger partial charge in [-0.15, -0.1) is 0 Å². The summed E-state index contributed by atoms with van der Waals surface area (Å²) in [7, 11) is 0. The van der Waals surface area contributed by atoms with Crippen molar-refractivity contribution in [2.45, 2.75) is 19.8 Å². The zero-order valence-corrected chi connectivity index (χ0v) is 8.96. The molecule has 0 aromatic rings. The van der Waals surface area contributed by atoms with E-state index in [9.17, 15) is 0 Å². The van der Waals surface area contributed by atoms with E-state index in [0.717, 1.165) is 32.8 Å². The molecule has 0 radical (unpaired) electrons. The molecule has 1 aliphatic carbocycles. The Bertz CT molecular complexity index is 249. The minimum absolute atomic E-state index is 0.899. The van der Waals surface area contributed by atoms with Gasteiger partial charge < -0.3 is 4.74 Å². The third-order valence-corrected chi connectivity index (χ3v) is 3.05. The molecule has 14 heavy (non-hydrogen) atoms. The zero-order valence-electron chi connectivity index (χ0n) is 8.96. The van der Waals surface area contributed by atoms with Crippen LogP contribution in [0.2, 0.25) is 0 Å². The predicted molar refractivity (Wildman–Crippen MR) is 58.3 cm³/mol. The molecule has 0 atom stereocenters. The molecule has 0 aromatic carbocycles. The SMILES string of the molecule is CC1=C(CN2CCOCC2)C=CCC1. The first-order valence-corrected chi connectivity index (χ1v) is 5.51. The third-order valence-electron chi connectivity index (χ3n) is 3.05. The van der Waals surface area contributed by atoms with Gasteiger partial charge in [-0.05, 0) is 25.3 Å². The van der Waals surface area contributed by atoms with Crippen molar-refractivity contribution in [1.29, 1.82) is 0 Å². The average molecular weight is 193 g/mol. The number of rotatable bonds is 2. The molecule has 2 rings (SSSR count). The molecular formula is C12H19NO. The molecule has 2 nitrogen and oxygen atoms in total. The maximum absolute atomic E-state index is 5.34. The van der Waals surface area contributed by atoms with Crippen LogP contribution in [-0.4, -0.2) is 37.7 Å². The molecular weight excluding hydrogens is 174 g/mol. The van der Waals surface area contributed by atoms with Gasteiger partial charge in [-0.3, -0.25) is 4.90 Å². The smallest absolute Gasteiger partial charge is 0.0594 e. The van der Waals surface area contributed by atoms with Crippen LogP contribution in [0, 0.1) is 0 Å². The summed E-state index contributed by atoms with van der Waals surface area (Å²) in [6.07, 6.45) is 7.06. The number of hydrogen-bond donors (Lipinski definition) is 0. The lowest BCUT2D eigenvalue weighted by Crippen LogP contribution is -2.37. The summed E-state index contributed by atoms with van der Waals surface area (Å²) in [6, 6.07) is 0. The molecule has 1 saturated heterocycles. The first kappa shape index (κ1) is 9.94. The summed E-state index contributed by atoms with van der Waals surface area (Å²) in [5, 5.41) is 0. The van der Waals surface area contributed by atoms with Crippen LogP contribution in [0.5, 0.6) is 0 Å². The molecule has 78 valence electrons. The quantitative estimate of drug-likeness (QED) is 0.665. The molecule has 0 bridgehead atoms. The van der Waals surface area contributed by atoms with E-state index in [1.54, 1.807) is 5.57 Å². The first-order chi connectivity index (χ1) is 6.86. The van der Waals surface area contributed by atoms with Crippen molar-refractivity contribution in [3.8, 4) is 0 Å². The van der Waals surface area contributed by atoms with Crippen molar-refractivity contribution in [2.24, 2.45) is 0 Å². The van der Waals surface area contributed by atoms with Gasteiger partial charge in [0.1, 0.15) is 0 Å². The Balaban J connectivity index is 1.92. The fraction of sp³-hybridized carbons (Fsp3) is 0.667. The molecule has 2 aliphatic rings. The van der Waals surface area contributed by atoms with Gasteiger partial charge in [0, 0.05) is 19.6 Å². The summed E-state index contributed by atoms with van der Waals surface area (Å²) < 4.78 is 5.34. The monoisotopic (exact) mass is 193 g/mol. The largest absolute Gasteiger partial charge is 0.379 e. The first-order valence-electron chi connectivity index (χ1n) is 5.51. The van der Waals surface area contributed by atoms with E-state index < -0.39 is 0 Å². The second-order valence-electron chi connectivity index (χ2n) is 4.14. The highest BCUT2D eigenvalue weighted by Gasteiger charge is 2.13. The second kappa shape index (κ2) is 4.76. The average Bonchev–Trinajstić information content (AvgIpc) is 2.23. The molecule has 0 saturated carbocycles. The lowest BCUT2D eigenvalue weighted by molar-refractivity contribution is 0.0425. The fourth-order valence-corrected chi connectivity index (χ4v) is 2.02. The molecule has 2 heteroatoms. The highest BCUT2D eigenvalue weighted by atomic mass is 16.5. The molecule has 0 amide bonds. The number of hydrogen-bond acceptors (Lipinski definition) is 2. The standard InChI is InChI=1S/C12H19NO/c1-11-4-2-3-5-12(11)10-13-6-8-14-9-7-13/h3,5H,2,4,6-10H2,1H3. The van der Waals surface area contributed by atoms with Crippen LogP contribution >= 0.6 is 0 Å². The van der Waals surface area contributed by atoms with Crippen molar-refractivity contribution in [2.75, 3.05) is 32.8 Å². The van der Waals surface area contributed by atoms with Crippen molar-refractivity contribution < 1.29 is 4.74 Å². The Morgan fingerprint density at radius 2 is 2.14 bits per heavy atom. The van der Waals surface area contributed by atoms with Crippen LogP contribution in [0.1, 0.15) is 19.8 Å². The Morgan fingerprint density at radius 3 is 2.86 bits per heavy atom. The van der Waals surface area contributed by atoms with Gasteiger partial charge in [0.2, 0.25) is 0 Å². The molecule has 1 fully saturated rings. The van der Waals surface area contributed by atoms with Gasteiger partial charge in [-0.25, -0.2) is 0 Å². The molecule has 0 spiro atoms. The topological polar surface area (TPSA) is 12.5 Å².